The van der Waals surface area contributed by atoms with Gasteiger partial charge in [-0.1, -0.05) is 134 Å². The Labute approximate surface area is 269 Å². The normalized spacial score (nSPS) is 14.8. The minimum atomic E-state index is -0.473. The van der Waals surface area contributed by atoms with Crippen molar-refractivity contribution in [3.8, 4) is 0 Å². The zero-order chi connectivity index (χ0) is 33.5. The van der Waals surface area contributed by atoms with E-state index in [0.29, 0.717) is 6.61 Å². The summed E-state index contributed by atoms with van der Waals surface area (Å²) < 4.78 is 11.7. The lowest BCUT2D eigenvalue weighted by Crippen LogP contribution is -2.38. The standard InChI is InChI=1S/C39H76O4/c1-15-17-19-20-23-26-39(13,14)32(33(40)42-28-18-16-2)30-37(9,10)25-22-21-24-27-38(11,12)31(29-35(3,4)5)34(41)43-36(6,7)8/h31-32H,15-30H2,1-14H3. The lowest BCUT2D eigenvalue weighted by molar-refractivity contribution is -0.166. The number of ether oxygens (including phenoxy) is 2. The van der Waals surface area contributed by atoms with Crippen LogP contribution in [0, 0.1) is 33.5 Å². The minimum Gasteiger partial charge on any atom is -0.465 e. The van der Waals surface area contributed by atoms with Gasteiger partial charge in [-0.15, -0.1) is 0 Å². The number of hydrogen-bond donors (Lipinski definition) is 0. The Morgan fingerprint density at radius 3 is 1.44 bits per heavy atom. The Morgan fingerprint density at radius 1 is 0.535 bits per heavy atom. The molecule has 0 rings (SSSR count). The van der Waals surface area contributed by atoms with Crippen LogP contribution in [0.2, 0.25) is 0 Å². The van der Waals surface area contributed by atoms with Crippen molar-refractivity contribution in [1.29, 1.82) is 0 Å². The summed E-state index contributed by atoms with van der Waals surface area (Å²) in [5, 5.41) is 0. The maximum Gasteiger partial charge on any atom is 0.310 e. The van der Waals surface area contributed by atoms with Crippen molar-refractivity contribution in [2.24, 2.45) is 33.5 Å². The summed E-state index contributed by atoms with van der Waals surface area (Å²) in [5.74, 6) is -0.240. The zero-order valence-corrected chi connectivity index (χ0v) is 31.6. The minimum absolute atomic E-state index is 0.00821. The van der Waals surface area contributed by atoms with Crippen LogP contribution in [0.1, 0.15) is 193 Å². The lowest BCUT2D eigenvalue weighted by atomic mass is 9.67. The molecule has 4 heteroatoms. The first kappa shape index (κ1) is 41.9. The quantitative estimate of drug-likeness (QED) is 0.0906. The van der Waals surface area contributed by atoms with Crippen LogP contribution in [0.5, 0.6) is 0 Å². The zero-order valence-electron chi connectivity index (χ0n) is 31.6. The van der Waals surface area contributed by atoms with Gasteiger partial charge in [0.25, 0.3) is 0 Å². The molecule has 0 aromatic heterocycles. The highest BCUT2D eigenvalue weighted by atomic mass is 16.6. The molecule has 0 aromatic carbocycles. The summed E-state index contributed by atoms with van der Waals surface area (Å²) in [6, 6.07) is 0. The van der Waals surface area contributed by atoms with E-state index in [0.717, 1.165) is 64.2 Å². The van der Waals surface area contributed by atoms with E-state index < -0.39 is 5.60 Å². The van der Waals surface area contributed by atoms with Gasteiger partial charge in [0.15, 0.2) is 0 Å². The third-order valence-corrected chi connectivity index (χ3v) is 9.28. The fourth-order valence-electron chi connectivity index (χ4n) is 6.31. The summed E-state index contributed by atoms with van der Waals surface area (Å²) in [6.45, 7) is 31.2. The van der Waals surface area contributed by atoms with Crippen molar-refractivity contribution in [2.45, 2.75) is 199 Å². The molecule has 4 nitrogen and oxygen atoms in total. The number of carbonyl (C=O) groups excluding carboxylic acids is 2. The number of rotatable bonds is 22. The van der Waals surface area contributed by atoms with E-state index in [1.165, 1.54) is 32.1 Å². The third kappa shape index (κ3) is 19.1. The highest BCUT2D eigenvalue weighted by Gasteiger charge is 2.41. The summed E-state index contributed by atoms with van der Waals surface area (Å²) in [7, 11) is 0. The Kier molecular flexibility index (Phi) is 18.3. The molecular weight excluding hydrogens is 532 g/mol. The van der Waals surface area contributed by atoms with E-state index in [-0.39, 0.29) is 45.4 Å². The molecule has 0 bridgehead atoms. The second-order valence-corrected chi connectivity index (χ2v) is 18.0. The van der Waals surface area contributed by atoms with E-state index in [9.17, 15) is 9.59 Å². The smallest absolute Gasteiger partial charge is 0.310 e. The van der Waals surface area contributed by atoms with Crippen LogP contribution in [-0.4, -0.2) is 24.1 Å². The summed E-state index contributed by atoms with van der Waals surface area (Å²) in [4.78, 5) is 26.7. The molecule has 0 spiro atoms. The Hall–Kier alpha value is -1.06. The predicted molar refractivity (Wildman–Crippen MR) is 185 cm³/mol. The first-order valence-electron chi connectivity index (χ1n) is 18.0. The van der Waals surface area contributed by atoms with Crippen LogP contribution in [0.25, 0.3) is 0 Å². The summed E-state index contributed by atoms with van der Waals surface area (Å²) in [6.07, 6.45) is 16.5. The van der Waals surface area contributed by atoms with Crippen LogP contribution >= 0.6 is 0 Å². The van der Waals surface area contributed by atoms with E-state index in [4.69, 9.17) is 9.47 Å². The molecule has 0 amide bonds. The fraction of sp³-hybridized carbons (Fsp3) is 0.949. The van der Waals surface area contributed by atoms with Gasteiger partial charge in [0.05, 0.1) is 18.4 Å². The van der Waals surface area contributed by atoms with Gasteiger partial charge in [0.2, 0.25) is 0 Å². The molecular formula is C39H76O4. The maximum absolute atomic E-state index is 13.4. The molecule has 0 radical (unpaired) electrons. The van der Waals surface area contributed by atoms with Crippen LogP contribution < -0.4 is 0 Å². The molecule has 0 aromatic rings. The van der Waals surface area contributed by atoms with Crippen LogP contribution in [-0.2, 0) is 19.1 Å². The number of unbranched alkanes of at least 4 members (excludes halogenated alkanes) is 7. The van der Waals surface area contributed by atoms with Gasteiger partial charge in [-0.3, -0.25) is 9.59 Å². The summed E-state index contributed by atoms with van der Waals surface area (Å²) in [5.41, 5.74) is -0.548. The molecule has 256 valence electrons. The van der Waals surface area contributed by atoms with Gasteiger partial charge in [0, 0.05) is 0 Å². The SMILES string of the molecule is CCCCCCCC(C)(C)C(CC(C)(C)CCCCCC(C)(C)C(CC(C)(C)C)C(=O)OC(C)(C)C)C(=O)OCCCC. The van der Waals surface area contributed by atoms with Gasteiger partial charge in [0.1, 0.15) is 5.60 Å². The fourth-order valence-corrected chi connectivity index (χ4v) is 6.31. The average molecular weight is 609 g/mol. The molecule has 0 N–H and O–H groups in total. The molecule has 2 unspecified atom stereocenters. The maximum atomic E-state index is 13.4. The second-order valence-electron chi connectivity index (χ2n) is 18.0. The van der Waals surface area contributed by atoms with E-state index in [1.807, 2.05) is 20.8 Å². The number of hydrogen-bond acceptors (Lipinski definition) is 4. The third-order valence-electron chi connectivity index (χ3n) is 9.28. The van der Waals surface area contributed by atoms with Crippen molar-refractivity contribution in [1.82, 2.24) is 0 Å². The highest BCUT2D eigenvalue weighted by Crippen LogP contribution is 2.44. The second kappa shape index (κ2) is 18.8. The predicted octanol–water partition coefficient (Wildman–Crippen LogP) is 12.1. The molecule has 2 atom stereocenters. The molecule has 0 aliphatic heterocycles. The van der Waals surface area contributed by atoms with Crippen molar-refractivity contribution in [3.05, 3.63) is 0 Å². The first-order chi connectivity index (χ1) is 19.6. The average Bonchev–Trinajstić information content (AvgIpc) is 2.83. The van der Waals surface area contributed by atoms with E-state index >= 15 is 0 Å². The highest BCUT2D eigenvalue weighted by molar-refractivity contribution is 5.74. The Bertz CT molecular complexity index is 778. The number of esters is 2. The summed E-state index contributed by atoms with van der Waals surface area (Å²) >= 11 is 0. The first-order valence-corrected chi connectivity index (χ1v) is 18.0. The van der Waals surface area contributed by atoms with E-state index in [1.54, 1.807) is 0 Å². The molecule has 0 fully saturated rings. The molecule has 0 saturated carbocycles. The Balaban J connectivity index is 5.27. The van der Waals surface area contributed by atoms with Crippen LogP contribution in [0.4, 0.5) is 0 Å². The van der Waals surface area contributed by atoms with Gasteiger partial charge in [-0.25, -0.2) is 0 Å². The van der Waals surface area contributed by atoms with Crippen molar-refractivity contribution >= 4 is 11.9 Å². The van der Waals surface area contributed by atoms with Crippen molar-refractivity contribution in [2.75, 3.05) is 6.61 Å². The molecule has 0 saturated heterocycles. The van der Waals surface area contributed by atoms with Gasteiger partial charge in [-0.05, 0) is 81.0 Å². The van der Waals surface area contributed by atoms with Crippen molar-refractivity contribution in [3.63, 3.8) is 0 Å². The lowest BCUT2D eigenvalue weighted by Gasteiger charge is -2.39. The van der Waals surface area contributed by atoms with Gasteiger partial charge >= 0.3 is 11.9 Å². The van der Waals surface area contributed by atoms with E-state index in [2.05, 4.69) is 76.2 Å². The number of carbonyl (C=O) groups is 2. The molecule has 0 heterocycles. The van der Waals surface area contributed by atoms with Crippen LogP contribution in [0.15, 0.2) is 0 Å². The largest absolute Gasteiger partial charge is 0.465 e. The van der Waals surface area contributed by atoms with Gasteiger partial charge in [-0.2, -0.15) is 0 Å². The van der Waals surface area contributed by atoms with Crippen molar-refractivity contribution < 1.29 is 19.1 Å². The van der Waals surface area contributed by atoms with Gasteiger partial charge < -0.3 is 9.47 Å². The molecule has 0 aliphatic carbocycles. The molecule has 43 heavy (non-hydrogen) atoms. The Morgan fingerprint density at radius 2 is 0.977 bits per heavy atom. The monoisotopic (exact) mass is 609 g/mol. The molecule has 0 aliphatic rings. The van der Waals surface area contributed by atoms with Crippen LogP contribution in [0.3, 0.4) is 0 Å². The topological polar surface area (TPSA) is 52.6 Å².